The Morgan fingerprint density at radius 2 is 1.96 bits per heavy atom. The lowest BCUT2D eigenvalue weighted by Gasteiger charge is -2.17. The maximum atomic E-state index is 13.4. The fraction of sp³-hybridized carbons (Fsp3) is 0.222. The zero-order chi connectivity index (χ0) is 16.4. The Hall–Kier alpha value is -2.69. The Bertz CT molecular complexity index is 842. The molecule has 0 saturated carbocycles. The van der Waals surface area contributed by atoms with Crippen LogP contribution >= 0.6 is 0 Å². The molecule has 118 valence electrons. The SMILES string of the molecule is CN(CCc1ccncc1)C(=O)c1cc2ccc(F)cc2n1C. The first-order valence-corrected chi connectivity index (χ1v) is 7.45. The Kier molecular flexibility index (Phi) is 4.10. The number of aromatic nitrogens is 2. The molecule has 0 atom stereocenters. The van der Waals surface area contributed by atoms with Crippen molar-refractivity contribution in [3.8, 4) is 0 Å². The van der Waals surface area contributed by atoms with E-state index in [1.807, 2.05) is 12.1 Å². The van der Waals surface area contributed by atoms with E-state index in [9.17, 15) is 9.18 Å². The van der Waals surface area contributed by atoms with E-state index in [-0.39, 0.29) is 11.7 Å². The van der Waals surface area contributed by atoms with Gasteiger partial charge in [-0.2, -0.15) is 0 Å². The lowest BCUT2D eigenvalue weighted by Crippen LogP contribution is -2.30. The van der Waals surface area contributed by atoms with Crippen LogP contribution in [0.1, 0.15) is 16.1 Å². The molecule has 0 saturated heterocycles. The van der Waals surface area contributed by atoms with Gasteiger partial charge >= 0.3 is 0 Å². The molecule has 3 rings (SSSR count). The minimum absolute atomic E-state index is 0.0711. The van der Waals surface area contributed by atoms with Crippen molar-refractivity contribution in [3.05, 3.63) is 65.9 Å². The number of halogens is 1. The molecule has 0 bridgehead atoms. The fourth-order valence-corrected chi connectivity index (χ4v) is 2.65. The summed E-state index contributed by atoms with van der Waals surface area (Å²) < 4.78 is 15.1. The molecule has 2 heterocycles. The number of nitrogens with zero attached hydrogens (tertiary/aromatic N) is 3. The highest BCUT2D eigenvalue weighted by atomic mass is 19.1. The molecule has 0 aliphatic carbocycles. The summed E-state index contributed by atoms with van der Waals surface area (Å²) >= 11 is 0. The Balaban J connectivity index is 1.78. The van der Waals surface area contributed by atoms with Crippen molar-refractivity contribution in [2.75, 3.05) is 13.6 Å². The quantitative estimate of drug-likeness (QED) is 0.743. The van der Waals surface area contributed by atoms with Gasteiger partial charge in [0.2, 0.25) is 0 Å². The monoisotopic (exact) mass is 311 g/mol. The van der Waals surface area contributed by atoms with Crippen molar-refractivity contribution in [3.63, 3.8) is 0 Å². The number of hydrogen-bond acceptors (Lipinski definition) is 2. The van der Waals surface area contributed by atoms with Gasteiger partial charge in [-0.3, -0.25) is 9.78 Å². The highest BCUT2D eigenvalue weighted by molar-refractivity contribution is 5.98. The molecule has 0 aliphatic rings. The number of carbonyl (C=O) groups is 1. The first-order valence-electron chi connectivity index (χ1n) is 7.45. The molecule has 23 heavy (non-hydrogen) atoms. The summed E-state index contributed by atoms with van der Waals surface area (Å²) in [6.07, 6.45) is 4.26. The Morgan fingerprint density at radius 3 is 2.70 bits per heavy atom. The van der Waals surface area contributed by atoms with Crippen LogP contribution in [0.25, 0.3) is 10.9 Å². The van der Waals surface area contributed by atoms with E-state index in [2.05, 4.69) is 4.98 Å². The van der Waals surface area contributed by atoms with E-state index in [1.54, 1.807) is 48.1 Å². The smallest absolute Gasteiger partial charge is 0.270 e. The van der Waals surface area contributed by atoms with Crippen molar-refractivity contribution in [2.24, 2.45) is 7.05 Å². The molecule has 1 amide bonds. The summed E-state index contributed by atoms with van der Waals surface area (Å²) in [4.78, 5) is 18.3. The van der Waals surface area contributed by atoms with E-state index >= 15 is 0 Å². The van der Waals surface area contributed by atoms with E-state index < -0.39 is 0 Å². The summed E-state index contributed by atoms with van der Waals surface area (Å²) in [6, 6.07) is 10.2. The zero-order valence-electron chi connectivity index (χ0n) is 13.2. The van der Waals surface area contributed by atoms with Gasteiger partial charge in [-0.05, 0) is 48.4 Å². The standard InChI is InChI=1S/C18H18FN3O/c1-21(10-7-13-5-8-20-9-6-13)18(23)17-11-14-3-4-15(19)12-16(14)22(17)2/h3-6,8-9,11-12H,7,10H2,1-2H3. The molecule has 2 aromatic heterocycles. The first-order chi connectivity index (χ1) is 11.1. The van der Waals surface area contributed by atoms with Crippen LogP contribution in [0.4, 0.5) is 4.39 Å². The summed E-state index contributed by atoms with van der Waals surface area (Å²) in [5.41, 5.74) is 2.41. The van der Waals surface area contributed by atoms with Gasteiger partial charge in [0, 0.05) is 38.4 Å². The van der Waals surface area contributed by atoms with Crippen LogP contribution < -0.4 is 0 Å². The number of hydrogen-bond donors (Lipinski definition) is 0. The minimum Gasteiger partial charge on any atom is -0.340 e. The molecule has 0 radical (unpaired) electrons. The second kappa shape index (κ2) is 6.20. The van der Waals surface area contributed by atoms with Gasteiger partial charge in [0.05, 0.1) is 5.52 Å². The maximum absolute atomic E-state index is 13.4. The average Bonchev–Trinajstić information content (AvgIpc) is 2.89. The van der Waals surface area contributed by atoms with Gasteiger partial charge in [-0.1, -0.05) is 0 Å². The predicted octanol–water partition coefficient (Wildman–Crippen LogP) is 3.03. The fourth-order valence-electron chi connectivity index (χ4n) is 2.65. The van der Waals surface area contributed by atoms with Crippen LogP contribution in [-0.4, -0.2) is 34.0 Å². The van der Waals surface area contributed by atoms with Crippen LogP contribution in [0.5, 0.6) is 0 Å². The second-order valence-corrected chi connectivity index (χ2v) is 5.62. The summed E-state index contributed by atoms with van der Waals surface area (Å²) in [6.45, 7) is 0.610. The van der Waals surface area contributed by atoms with Crippen LogP contribution in [0.2, 0.25) is 0 Å². The zero-order valence-corrected chi connectivity index (χ0v) is 13.2. The molecule has 5 heteroatoms. The normalized spacial score (nSPS) is 10.9. The largest absolute Gasteiger partial charge is 0.340 e. The molecular weight excluding hydrogens is 293 g/mol. The van der Waals surface area contributed by atoms with Crippen molar-refractivity contribution < 1.29 is 9.18 Å². The van der Waals surface area contributed by atoms with E-state index in [0.29, 0.717) is 12.2 Å². The molecule has 0 spiro atoms. The summed E-state index contributed by atoms with van der Waals surface area (Å²) in [5.74, 6) is -0.373. The third-order valence-corrected chi connectivity index (χ3v) is 4.06. The summed E-state index contributed by atoms with van der Waals surface area (Å²) in [7, 11) is 3.56. The lowest BCUT2D eigenvalue weighted by atomic mass is 10.2. The number of fused-ring (bicyclic) bond motifs is 1. The number of pyridine rings is 1. The van der Waals surface area contributed by atoms with Crippen molar-refractivity contribution in [1.29, 1.82) is 0 Å². The third kappa shape index (κ3) is 3.08. The Labute approximate surface area is 134 Å². The molecule has 0 fully saturated rings. The topological polar surface area (TPSA) is 38.1 Å². The molecule has 4 nitrogen and oxygen atoms in total. The van der Waals surface area contributed by atoms with Gasteiger partial charge < -0.3 is 9.47 Å². The van der Waals surface area contributed by atoms with Crippen LogP contribution in [0.3, 0.4) is 0 Å². The molecule has 0 aliphatic heterocycles. The van der Waals surface area contributed by atoms with Gasteiger partial charge in [-0.25, -0.2) is 4.39 Å². The highest BCUT2D eigenvalue weighted by Crippen LogP contribution is 2.20. The second-order valence-electron chi connectivity index (χ2n) is 5.62. The predicted molar refractivity (Wildman–Crippen MR) is 87.8 cm³/mol. The number of benzene rings is 1. The van der Waals surface area contributed by atoms with Crippen LogP contribution in [0.15, 0.2) is 48.8 Å². The van der Waals surface area contributed by atoms with Gasteiger partial charge in [0.15, 0.2) is 0 Å². The van der Waals surface area contributed by atoms with E-state index in [1.165, 1.54) is 12.1 Å². The number of aryl methyl sites for hydroxylation is 1. The molecule has 0 N–H and O–H groups in total. The van der Waals surface area contributed by atoms with E-state index in [4.69, 9.17) is 0 Å². The van der Waals surface area contributed by atoms with Gasteiger partial charge in [0.25, 0.3) is 5.91 Å². The molecule has 3 aromatic rings. The average molecular weight is 311 g/mol. The Morgan fingerprint density at radius 1 is 1.22 bits per heavy atom. The number of carbonyl (C=O) groups excluding carboxylic acids is 1. The number of amides is 1. The van der Waals surface area contributed by atoms with Crippen molar-refractivity contribution in [2.45, 2.75) is 6.42 Å². The molecular formula is C18H18FN3O. The third-order valence-electron chi connectivity index (χ3n) is 4.06. The maximum Gasteiger partial charge on any atom is 0.270 e. The molecule has 1 aromatic carbocycles. The van der Waals surface area contributed by atoms with E-state index in [0.717, 1.165) is 22.9 Å². The highest BCUT2D eigenvalue weighted by Gasteiger charge is 2.17. The lowest BCUT2D eigenvalue weighted by molar-refractivity contribution is 0.0787. The van der Waals surface area contributed by atoms with Gasteiger partial charge in [0.1, 0.15) is 11.5 Å². The van der Waals surface area contributed by atoms with Crippen molar-refractivity contribution >= 4 is 16.8 Å². The first kappa shape index (κ1) is 15.2. The van der Waals surface area contributed by atoms with Crippen molar-refractivity contribution in [1.82, 2.24) is 14.5 Å². The number of likely N-dealkylation sites (N-methyl/N-ethyl adjacent to an activating group) is 1. The van der Waals surface area contributed by atoms with Crippen LogP contribution in [-0.2, 0) is 13.5 Å². The minimum atomic E-state index is -0.302. The molecule has 0 unspecified atom stereocenters. The van der Waals surface area contributed by atoms with Crippen LogP contribution in [0, 0.1) is 5.82 Å². The van der Waals surface area contributed by atoms with Gasteiger partial charge in [-0.15, -0.1) is 0 Å². The summed E-state index contributed by atoms with van der Waals surface area (Å²) in [5, 5.41) is 0.861. The number of rotatable bonds is 4.